The molecule has 0 aliphatic carbocycles. The molecule has 0 saturated carbocycles. The van der Waals surface area contributed by atoms with Crippen molar-refractivity contribution in [1.29, 1.82) is 0 Å². The molecule has 37 heavy (non-hydrogen) atoms. The summed E-state index contributed by atoms with van der Waals surface area (Å²) in [5.41, 5.74) is -3.44. The minimum Gasteiger partial charge on any atom is -0.441 e. The highest BCUT2D eigenvalue weighted by atomic mass is 19.4. The van der Waals surface area contributed by atoms with Crippen molar-refractivity contribution in [2.24, 2.45) is 0 Å². The standard InChI is InChI=1S/C23H20F3N7O4/c1-21(2)11-33(20(36)37-21)22(18(35)27-19-28-30-31-29-19)12-32(16-9-4-3-8-15(16)22)17(34)13-6-5-7-14(10-13)23(24,25)26/h3-10H,11-12H2,1-2H3,(H2,27,28,29,30,31,35)/t22-/m1/s1. The van der Waals surface area contributed by atoms with Crippen LogP contribution in [0.1, 0.15) is 35.3 Å². The van der Waals surface area contributed by atoms with Crippen LogP contribution in [0, 0.1) is 0 Å². The van der Waals surface area contributed by atoms with Gasteiger partial charge in [0, 0.05) is 11.1 Å². The van der Waals surface area contributed by atoms with Gasteiger partial charge in [-0.25, -0.2) is 4.79 Å². The maximum absolute atomic E-state index is 13.9. The maximum Gasteiger partial charge on any atom is 0.416 e. The lowest BCUT2D eigenvalue weighted by Gasteiger charge is -2.36. The number of hydrogen-bond acceptors (Lipinski definition) is 7. The highest BCUT2D eigenvalue weighted by molar-refractivity contribution is 6.12. The van der Waals surface area contributed by atoms with Gasteiger partial charge in [-0.2, -0.15) is 18.4 Å². The summed E-state index contributed by atoms with van der Waals surface area (Å²) in [6, 6.07) is 10.4. The summed E-state index contributed by atoms with van der Waals surface area (Å²) in [6.07, 6.45) is -5.45. The molecule has 1 atom stereocenters. The zero-order chi connectivity index (χ0) is 26.6. The molecule has 0 bridgehead atoms. The molecule has 3 amide bonds. The molecule has 5 rings (SSSR count). The number of tetrazole rings is 1. The van der Waals surface area contributed by atoms with Gasteiger partial charge >= 0.3 is 12.3 Å². The van der Waals surface area contributed by atoms with Crippen LogP contribution in [0.5, 0.6) is 0 Å². The number of aromatic amines is 1. The second-order valence-electron chi connectivity index (χ2n) is 9.25. The number of anilines is 2. The highest BCUT2D eigenvalue weighted by Crippen LogP contribution is 2.47. The number of carbonyl (C=O) groups excluding carboxylic acids is 3. The first-order valence-electron chi connectivity index (χ1n) is 11.1. The van der Waals surface area contributed by atoms with Gasteiger partial charge in [0.2, 0.25) is 0 Å². The number of nitrogens with one attached hydrogen (secondary N) is 2. The van der Waals surface area contributed by atoms with Crippen molar-refractivity contribution in [1.82, 2.24) is 25.5 Å². The van der Waals surface area contributed by atoms with Crippen LogP contribution < -0.4 is 10.2 Å². The van der Waals surface area contributed by atoms with Crippen LogP contribution in [-0.2, 0) is 21.2 Å². The number of alkyl halides is 3. The van der Waals surface area contributed by atoms with Crippen LogP contribution in [0.15, 0.2) is 48.5 Å². The molecular weight excluding hydrogens is 495 g/mol. The summed E-state index contributed by atoms with van der Waals surface area (Å²) in [6.45, 7) is 2.94. The molecule has 2 aliphatic rings. The second-order valence-corrected chi connectivity index (χ2v) is 9.25. The molecule has 1 fully saturated rings. The first-order valence-corrected chi connectivity index (χ1v) is 11.1. The van der Waals surface area contributed by atoms with Crippen LogP contribution in [-0.4, -0.2) is 62.1 Å². The molecule has 14 heteroatoms. The first kappa shape index (κ1) is 24.2. The van der Waals surface area contributed by atoms with Crippen LogP contribution >= 0.6 is 0 Å². The van der Waals surface area contributed by atoms with Crippen molar-refractivity contribution in [3.63, 3.8) is 0 Å². The lowest BCUT2D eigenvalue weighted by Crippen LogP contribution is -2.58. The Kier molecular flexibility index (Phi) is 5.42. The molecule has 3 aromatic rings. The smallest absolute Gasteiger partial charge is 0.416 e. The normalized spacial score (nSPS) is 20.5. The summed E-state index contributed by atoms with van der Waals surface area (Å²) < 4.78 is 45.4. The van der Waals surface area contributed by atoms with Crippen LogP contribution in [0.3, 0.4) is 0 Å². The third-order valence-electron chi connectivity index (χ3n) is 6.24. The number of H-pyrrole nitrogens is 1. The highest BCUT2D eigenvalue weighted by Gasteiger charge is 2.60. The van der Waals surface area contributed by atoms with Crippen LogP contribution in [0.25, 0.3) is 0 Å². The molecule has 2 aromatic carbocycles. The van der Waals surface area contributed by atoms with E-state index < -0.39 is 47.3 Å². The zero-order valence-corrected chi connectivity index (χ0v) is 19.5. The lowest BCUT2D eigenvalue weighted by atomic mass is 9.88. The number of benzene rings is 2. The van der Waals surface area contributed by atoms with Crippen molar-refractivity contribution >= 4 is 29.5 Å². The Morgan fingerprint density at radius 2 is 1.86 bits per heavy atom. The first-order chi connectivity index (χ1) is 17.4. The molecule has 3 heterocycles. The lowest BCUT2D eigenvalue weighted by molar-refractivity contribution is -0.137. The molecule has 1 saturated heterocycles. The van der Waals surface area contributed by atoms with Gasteiger partial charge in [0.15, 0.2) is 5.54 Å². The Bertz CT molecular complexity index is 1390. The van der Waals surface area contributed by atoms with E-state index in [1.165, 1.54) is 15.9 Å². The van der Waals surface area contributed by atoms with Crippen LogP contribution in [0.2, 0.25) is 0 Å². The van der Waals surface area contributed by atoms with E-state index in [0.29, 0.717) is 0 Å². The number of para-hydroxylation sites is 1. The van der Waals surface area contributed by atoms with Gasteiger partial charge in [-0.05, 0) is 43.3 Å². The summed E-state index contributed by atoms with van der Waals surface area (Å²) in [5.74, 6) is -1.70. The van der Waals surface area contributed by atoms with E-state index in [-0.39, 0.29) is 29.3 Å². The SMILES string of the molecule is CC1(C)CN([C@]2(C(=O)Nc3nn[nH]n3)CN(C(=O)c3cccc(C(F)(F)F)c3)c3ccccc32)C(=O)O1. The van der Waals surface area contributed by atoms with E-state index in [0.717, 1.165) is 18.2 Å². The number of ether oxygens (including phenoxy) is 1. The van der Waals surface area contributed by atoms with Crippen molar-refractivity contribution in [3.05, 3.63) is 65.2 Å². The van der Waals surface area contributed by atoms with Gasteiger partial charge < -0.3 is 9.64 Å². The van der Waals surface area contributed by atoms with Gasteiger partial charge in [-0.3, -0.25) is 19.8 Å². The fourth-order valence-corrected chi connectivity index (χ4v) is 4.65. The average molecular weight is 515 g/mol. The van der Waals surface area contributed by atoms with E-state index in [2.05, 4.69) is 25.9 Å². The summed E-state index contributed by atoms with van der Waals surface area (Å²) in [4.78, 5) is 42.9. The fourth-order valence-electron chi connectivity index (χ4n) is 4.65. The zero-order valence-electron chi connectivity index (χ0n) is 19.5. The summed E-state index contributed by atoms with van der Waals surface area (Å²) in [5, 5.41) is 15.6. The fraction of sp³-hybridized carbons (Fsp3) is 0.304. The van der Waals surface area contributed by atoms with E-state index in [1.54, 1.807) is 38.1 Å². The molecule has 11 nitrogen and oxygen atoms in total. The number of rotatable bonds is 4. The average Bonchev–Trinajstić information content (AvgIpc) is 3.54. The molecular formula is C23H20F3N7O4. The third-order valence-corrected chi connectivity index (χ3v) is 6.24. The molecule has 0 radical (unpaired) electrons. The Labute approximate surface area is 207 Å². The number of carbonyl (C=O) groups is 3. The van der Waals surface area contributed by atoms with Crippen molar-refractivity contribution in [3.8, 4) is 0 Å². The molecule has 2 N–H and O–H groups in total. The van der Waals surface area contributed by atoms with Gasteiger partial charge in [-0.1, -0.05) is 29.4 Å². The number of amides is 3. The monoisotopic (exact) mass is 515 g/mol. The second kappa shape index (κ2) is 8.28. The Morgan fingerprint density at radius 1 is 1.11 bits per heavy atom. The number of hydrogen-bond donors (Lipinski definition) is 2. The van der Waals surface area contributed by atoms with E-state index >= 15 is 0 Å². The largest absolute Gasteiger partial charge is 0.441 e. The van der Waals surface area contributed by atoms with Gasteiger partial charge in [0.05, 0.1) is 24.3 Å². The quantitative estimate of drug-likeness (QED) is 0.546. The van der Waals surface area contributed by atoms with E-state index in [4.69, 9.17) is 4.74 Å². The molecule has 0 spiro atoms. The maximum atomic E-state index is 13.9. The minimum absolute atomic E-state index is 0.00851. The summed E-state index contributed by atoms with van der Waals surface area (Å²) in [7, 11) is 0. The molecule has 1 aromatic heterocycles. The van der Waals surface area contributed by atoms with E-state index in [1.807, 2.05) is 0 Å². The summed E-state index contributed by atoms with van der Waals surface area (Å²) >= 11 is 0. The number of halogens is 3. The number of cyclic esters (lactones) is 1. The molecule has 0 unspecified atom stereocenters. The number of fused-ring (bicyclic) bond motifs is 1. The topological polar surface area (TPSA) is 133 Å². The molecule has 2 aliphatic heterocycles. The Morgan fingerprint density at radius 3 is 2.51 bits per heavy atom. The van der Waals surface area contributed by atoms with Gasteiger partial charge in [-0.15, -0.1) is 5.10 Å². The number of aromatic nitrogens is 4. The molecule has 192 valence electrons. The Balaban J connectivity index is 1.63. The van der Waals surface area contributed by atoms with Crippen molar-refractivity contribution in [2.45, 2.75) is 31.2 Å². The number of nitrogens with zero attached hydrogens (tertiary/aromatic N) is 5. The van der Waals surface area contributed by atoms with Gasteiger partial charge in [0.1, 0.15) is 5.60 Å². The van der Waals surface area contributed by atoms with Crippen LogP contribution in [0.4, 0.5) is 29.6 Å². The third kappa shape index (κ3) is 4.03. The van der Waals surface area contributed by atoms with Crippen molar-refractivity contribution < 1.29 is 32.3 Å². The minimum atomic E-state index is -4.65. The Hall–Kier alpha value is -4.49. The predicted octanol–water partition coefficient (Wildman–Crippen LogP) is 2.94. The van der Waals surface area contributed by atoms with Crippen molar-refractivity contribution in [2.75, 3.05) is 23.3 Å². The predicted molar refractivity (Wildman–Crippen MR) is 121 cm³/mol. The van der Waals surface area contributed by atoms with E-state index in [9.17, 15) is 27.6 Å². The van der Waals surface area contributed by atoms with Gasteiger partial charge in [0.25, 0.3) is 17.8 Å².